The molecule has 0 heterocycles. The number of allylic oxidation sites excluding steroid dienone is 2. The van der Waals surface area contributed by atoms with Gasteiger partial charge in [0.25, 0.3) is 0 Å². The summed E-state index contributed by atoms with van der Waals surface area (Å²) in [6.07, 6.45) is 4.59. The summed E-state index contributed by atoms with van der Waals surface area (Å²) < 4.78 is 0. The highest BCUT2D eigenvalue weighted by atomic mass is 14.1. The Morgan fingerprint density at radius 3 is 1.14 bits per heavy atom. The molecule has 6 rings (SSSR count). The lowest BCUT2D eigenvalue weighted by Gasteiger charge is -2.14. The fourth-order valence-corrected chi connectivity index (χ4v) is 5.01. The van der Waals surface area contributed by atoms with Crippen LogP contribution in [0.2, 0.25) is 0 Å². The molecule has 6 aromatic carbocycles. The zero-order valence-corrected chi connectivity index (χ0v) is 20.0. The van der Waals surface area contributed by atoms with Gasteiger partial charge in [0.15, 0.2) is 0 Å². The van der Waals surface area contributed by atoms with Gasteiger partial charge in [0.05, 0.1) is 0 Å². The highest BCUT2D eigenvalue weighted by molar-refractivity contribution is 6.01. The van der Waals surface area contributed by atoms with Crippen LogP contribution < -0.4 is 0 Å². The summed E-state index contributed by atoms with van der Waals surface area (Å²) in [6, 6.07) is 51.8. The van der Waals surface area contributed by atoms with Crippen molar-refractivity contribution in [3.8, 4) is 0 Å². The van der Waals surface area contributed by atoms with Gasteiger partial charge in [-0.2, -0.15) is 0 Å². The minimum atomic E-state index is 1.20. The number of fused-ring (bicyclic) bond motifs is 2. The van der Waals surface area contributed by atoms with E-state index >= 15 is 0 Å². The topological polar surface area (TPSA) is 0 Å². The van der Waals surface area contributed by atoms with E-state index in [1.54, 1.807) is 0 Å². The second-order valence-electron chi connectivity index (χ2n) is 8.95. The summed E-state index contributed by atoms with van der Waals surface area (Å²) in [5.41, 5.74) is 7.30. The van der Waals surface area contributed by atoms with Crippen LogP contribution in [0.25, 0.3) is 32.7 Å². The zero-order chi connectivity index (χ0) is 24.2. The highest BCUT2D eigenvalue weighted by Gasteiger charge is 2.11. The Bertz CT molecular complexity index is 1560. The average Bonchev–Trinajstić information content (AvgIpc) is 2.96. The highest BCUT2D eigenvalue weighted by Crippen LogP contribution is 2.33. The van der Waals surface area contributed by atoms with Crippen molar-refractivity contribution in [2.75, 3.05) is 0 Å². The molecule has 0 atom stereocenters. The summed E-state index contributed by atoms with van der Waals surface area (Å²) in [6.45, 7) is 0. The maximum absolute atomic E-state index is 2.29. The van der Waals surface area contributed by atoms with Crippen molar-refractivity contribution in [3.05, 3.63) is 180 Å². The molecule has 0 bridgehead atoms. The van der Waals surface area contributed by atoms with Gasteiger partial charge in [-0.15, -0.1) is 0 Å². The van der Waals surface area contributed by atoms with Gasteiger partial charge in [-0.1, -0.05) is 158 Å². The van der Waals surface area contributed by atoms with E-state index in [2.05, 4.69) is 158 Å². The molecule has 0 aromatic heterocycles. The van der Waals surface area contributed by atoms with Crippen LogP contribution in [0.4, 0.5) is 0 Å². The number of rotatable bonds is 5. The van der Waals surface area contributed by atoms with Crippen molar-refractivity contribution in [1.29, 1.82) is 0 Å². The van der Waals surface area contributed by atoms with Crippen LogP contribution in [0.15, 0.2) is 158 Å². The maximum atomic E-state index is 2.29. The Morgan fingerprint density at radius 1 is 0.333 bits per heavy atom. The van der Waals surface area contributed by atoms with Crippen LogP contribution in [0.3, 0.4) is 0 Å². The standard InChI is InChI=1S/C36H26/c1-3-13-27(14-4-1)33(35-23-11-19-29-17-7-9-21-31(29)35)25-26-34(28-15-5-2-6-16-28)36-24-12-20-30-18-8-10-22-32(30)36/h1-26H/b33-25+,34-26+. The number of benzene rings is 6. The Hall–Kier alpha value is -4.68. The predicted octanol–water partition coefficient (Wildman–Crippen LogP) is 9.56. The Balaban J connectivity index is 1.62. The summed E-state index contributed by atoms with van der Waals surface area (Å²) in [4.78, 5) is 0. The average molecular weight is 459 g/mol. The summed E-state index contributed by atoms with van der Waals surface area (Å²) in [7, 11) is 0. The Labute approximate surface area is 212 Å². The number of hydrogen-bond acceptors (Lipinski definition) is 0. The Morgan fingerprint density at radius 2 is 0.694 bits per heavy atom. The molecule has 0 fully saturated rings. The molecule has 0 saturated heterocycles. The predicted molar refractivity (Wildman–Crippen MR) is 155 cm³/mol. The van der Waals surface area contributed by atoms with E-state index in [-0.39, 0.29) is 0 Å². The summed E-state index contributed by atoms with van der Waals surface area (Å²) >= 11 is 0. The molecule has 0 heteroatoms. The molecule has 6 aromatic rings. The van der Waals surface area contributed by atoms with Crippen molar-refractivity contribution in [1.82, 2.24) is 0 Å². The first-order chi connectivity index (χ1) is 17.9. The van der Waals surface area contributed by atoms with Gasteiger partial charge in [-0.05, 0) is 54.9 Å². The monoisotopic (exact) mass is 458 g/mol. The van der Waals surface area contributed by atoms with Crippen molar-refractivity contribution in [3.63, 3.8) is 0 Å². The second-order valence-corrected chi connectivity index (χ2v) is 8.95. The van der Waals surface area contributed by atoms with Gasteiger partial charge in [-0.3, -0.25) is 0 Å². The lowest BCUT2D eigenvalue weighted by Crippen LogP contribution is -1.92. The van der Waals surface area contributed by atoms with Crippen LogP contribution in [0.1, 0.15) is 22.3 Å². The third kappa shape index (κ3) is 4.26. The lowest BCUT2D eigenvalue weighted by atomic mass is 9.90. The number of hydrogen-bond donors (Lipinski definition) is 0. The molecule has 0 radical (unpaired) electrons. The fourth-order valence-electron chi connectivity index (χ4n) is 5.01. The van der Waals surface area contributed by atoms with Crippen molar-refractivity contribution >= 4 is 32.7 Å². The van der Waals surface area contributed by atoms with E-state index in [1.165, 1.54) is 54.9 Å². The molecule has 170 valence electrons. The minimum Gasteiger partial charge on any atom is -0.0622 e. The largest absolute Gasteiger partial charge is 0.0622 e. The van der Waals surface area contributed by atoms with Gasteiger partial charge in [0.1, 0.15) is 0 Å². The summed E-state index contributed by atoms with van der Waals surface area (Å²) in [5, 5.41) is 5.01. The first kappa shape index (κ1) is 21.8. The van der Waals surface area contributed by atoms with E-state index in [9.17, 15) is 0 Å². The molecule has 0 aliphatic heterocycles. The fraction of sp³-hybridized carbons (Fsp3) is 0. The maximum Gasteiger partial charge on any atom is -0.00994 e. The van der Waals surface area contributed by atoms with Crippen LogP contribution in [-0.4, -0.2) is 0 Å². The van der Waals surface area contributed by atoms with Crippen LogP contribution in [0.5, 0.6) is 0 Å². The molecule has 0 unspecified atom stereocenters. The van der Waals surface area contributed by atoms with E-state index in [0.29, 0.717) is 0 Å². The third-order valence-electron chi connectivity index (χ3n) is 6.75. The van der Waals surface area contributed by atoms with Crippen LogP contribution in [0, 0.1) is 0 Å². The van der Waals surface area contributed by atoms with Crippen molar-refractivity contribution in [2.45, 2.75) is 0 Å². The molecular formula is C36H26. The summed E-state index contributed by atoms with van der Waals surface area (Å²) in [5.74, 6) is 0. The quantitative estimate of drug-likeness (QED) is 0.226. The third-order valence-corrected chi connectivity index (χ3v) is 6.75. The second kappa shape index (κ2) is 9.90. The van der Waals surface area contributed by atoms with Gasteiger partial charge in [0.2, 0.25) is 0 Å². The molecule has 0 amide bonds. The minimum absolute atomic E-state index is 1.20. The van der Waals surface area contributed by atoms with Gasteiger partial charge < -0.3 is 0 Å². The molecule has 0 N–H and O–H groups in total. The normalized spacial score (nSPS) is 12.2. The molecule has 0 aliphatic rings. The van der Waals surface area contributed by atoms with Gasteiger partial charge >= 0.3 is 0 Å². The van der Waals surface area contributed by atoms with E-state index in [4.69, 9.17) is 0 Å². The molecule has 0 saturated carbocycles. The van der Waals surface area contributed by atoms with Crippen molar-refractivity contribution < 1.29 is 0 Å². The van der Waals surface area contributed by atoms with E-state index in [0.717, 1.165) is 0 Å². The van der Waals surface area contributed by atoms with E-state index in [1.807, 2.05) is 0 Å². The van der Waals surface area contributed by atoms with Crippen LogP contribution >= 0.6 is 0 Å². The molecule has 0 aliphatic carbocycles. The molecule has 0 nitrogen and oxygen atoms in total. The zero-order valence-electron chi connectivity index (χ0n) is 20.0. The Kier molecular flexibility index (Phi) is 6.00. The molecule has 0 spiro atoms. The molecular weight excluding hydrogens is 432 g/mol. The van der Waals surface area contributed by atoms with Gasteiger partial charge in [-0.25, -0.2) is 0 Å². The first-order valence-electron chi connectivity index (χ1n) is 12.4. The van der Waals surface area contributed by atoms with Crippen LogP contribution in [-0.2, 0) is 0 Å². The van der Waals surface area contributed by atoms with Gasteiger partial charge in [0, 0.05) is 0 Å². The SMILES string of the molecule is C(/C=C(\c1ccccc1)c1cccc2ccccc12)=C(/c1ccccc1)c1cccc2ccccc12. The lowest BCUT2D eigenvalue weighted by molar-refractivity contribution is 1.56. The van der Waals surface area contributed by atoms with Crippen molar-refractivity contribution in [2.24, 2.45) is 0 Å². The first-order valence-corrected chi connectivity index (χ1v) is 12.4. The smallest absolute Gasteiger partial charge is 0.00994 e. The van der Waals surface area contributed by atoms with E-state index < -0.39 is 0 Å². The molecule has 36 heavy (non-hydrogen) atoms.